The molecule has 140 valence electrons. The normalized spacial score (nSPS) is 17.7. The van der Waals surface area contributed by atoms with Gasteiger partial charge in [0.15, 0.2) is 6.61 Å². The summed E-state index contributed by atoms with van der Waals surface area (Å²) in [6, 6.07) is 14.4. The summed E-state index contributed by atoms with van der Waals surface area (Å²) < 4.78 is 5.21. The average Bonchev–Trinajstić information content (AvgIpc) is 3.14. The quantitative estimate of drug-likeness (QED) is 0.828. The van der Waals surface area contributed by atoms with Crippen LogP contribution in [-0.4, -0.2) is 18.5 Å². The lowest BCUT2D eigenvalue weighted by Crippen LogP contribution is -2.34. The standard InChI is InChI=1S/C23H25NO3/c25-22(24-21-10-4-7-18-5-1-2-9-20(18)21)15-27-23(26)14-16-11-12-17-6-3-8-19(17)13-16/h1-2,5,9,11-13,21H,3-4,6-8,10,14-15H2,(H,24,25)/t21-/m1/s1. The smallest absolute Gasteiger partial charge is 0.310 e. The summed E-state index contributed by atoms with van der Waals surface area (Å²) in [5.74, 6) is -0.592. The Bertz CT molecular complexity index is 858. The van der Waals surface area contributed by atoms with Crippen molar-refractivity contribution in [2.75, 3.05) is 6.61 Å². The Morgan fingerprint density at radius 1 is 0.963 bits per heavy atom. The Morgan fingerprint density at radius 2 is 1.78 bits per heavy atom. The Labute approximate surface area is 159 Å². The van der Waals surface area contributed by atoms with Gasteiger partial charge >= 0.3 is 5.97 Å². The van der Waals surface area contributed by atoms with Crippen molar-refractivity contribution < 1.29 is 14.3 Å². The first-order chi connectivity index (χ1) is 13.2. The van der Waals surface area contributed by atoms with Crippen LogP contribution in [0.4, 0.5) is 0 Å². The van der Waals surface area contributed by atoms with Crippen LogP contribution in [0.15, 0.2) is 42.5 Å². The average molecular weight is 363 g/mol. The van der Waals surface area contributed by atoms with Gasteiger partial charge < -0.3 is 10.1 Å². The van der Waals surface area contributed by atoms with Crippen molar-refractivity contribution in [1.29, 1.82) is 0 Å². The highest BCUT2D eigenvalue weighted by Gasteiger charge is 2.22. The lowest BCUT2D eigenvalue weighted by Gasteiger charge is -2.26. The number of hydrogen-bond donors (Lipinski definition) is 1. The largest absolute Gasteiger partial charge is 0.455 e. The minimum Gasteiger partial charge on any atom is -0.455 e. The Balaban J connectivity index is 1.28. The van der Waals surface area contributed by atoms with Gasteiger partial charge in [0.25, 0.3) is 5.91 Å². The van der Waals surface area contributed by atoms with Gasteiger partial charge in [-0.2, -0.15) is 0 Å². The molecule has 2 aliphatic rings. The Kier molecular flexibility index (Phi) is 5.23. The fourth-order valence-corrected chi connectivity index (χ4v) is 4.24. The highest BCUT2D eigenvalue weighted by Crippen LogP contribution is 2.29. The first-order valence-corrected chi connectivity index (χ1v) is 9.82. The van der Waals surface area contributed by atoms with Crippen LogP contribution in [0.2, 0.25) is 0 Å². The molecule has 0 aliphatic heterocycles. The van der Waals surface area contributed by atoms with Crippen LogP contribution in [0.25, 0.3) is 0 Å². The summed E-state index contributed by atoms with van der Waals surface area (Å²) in [5.41, 5.74) is 6.17. The van der Waals surface area contributed by atoms with Crippen molar-refractivity contribution in [3.63, 3.8) is 0 Å². The van der Waals surface area contributed by atoms with Crippen molar-refractivity contribution in [3.05, 3.63) is 70.3 Å². The molecule has 1 atom stereocenters. The summed E-state index contributed by atoms with van der Waals surface area (Å²) in [7, 11) is 0. The van der Waals surface area contributed by atoms with E-state index in [2.05, 4.69) is 29.6 Å². The molecule has 0 fully saturated rings. The van der Waals surface area contributed by atoms with Gasteiger partial charge in [-0.25, -0.2) is 0 Å². The molecule has 2 aliphatic carbocycles. The third-order valence-electron chi connectivity index (χ3n) is 5.58. The molecule has 0 aromatic heterocycles. The van der Waals surface area contributed by atoms with Crippen LogP contribution in [0, 0.1) is 0 Å². The van der Waals surface area contributed by atoms with Crippen molar-refractivity contribution >= 4 is 11.9 Å². The van der Waals surface area contributed by atoms with E-state index >= 15 is 0 Å². The Hall–Kier alpha value is -2.62. The number of nitrogens with one attached hydrogen (secondary N) is 1. The number of fused-ring (bicyclic) bond motifs is 2. The van der Waals surface area contributed by atoms with E-state index in [9.17, 15) is 9.59 Å². The molecule has 2 aromatic carbocycles. The lowest BCUT2D eigenvalue weighted by atomic mass is 9.88. The number of benzene rings is 2. The molecular weight excluding hydrogens is 338 g/mol. The van der Waals surface area contributed by atoms with Gasteiger partial charge in [-0.05, 0) is 66.3 Å². The molecule has 0 saturated carbocycles. The fourth-order valence-electron chi connectivity index (χ4n) is 4.24. The maximum atomic E-state index is 12.2. The van der Waals surface area contributed by atoms with Gasteiger partial charge in [-0.3, -0.25) is 9.59 Å². The van der Waals surface area contributed by atoms with E-state index in [0.29, 0.717) is 0 Å². The fraction of sp³-hybridized carbons (Fsp3) is 0.391. The number of esters is 1. The molecule has 0 unspecified atom stereocenters. The summed E-state index contributed by atoms with van der Waals surface area (Å²) in [6.45, 7) is -0.220. The maximum Gasteiger partial charge on any atom is 0.310 e. The lowest BCUT2D eigenvalue weighted by molar-refractivity contribution is -0.148. The molecule has 1 amide bonds. The SMILES string of the molecule is O=C(COC(=O)Cc1ccc2c(c1)CCC2)N[C@@H]1CCCc2ccccc21. The second-order valence-electron chi connectivity index (χ2n) is 7.51. The van der Waals surface area contributed by atoms with Gasteiger partial charge in [-0.1, -0.05) is 42.5 Å². The van der Waals surface area contributed by atoms with Crippen LogP contribution in [0.5, 0.6) is 0 Å². The molecule has 0 radical (unpaired) electrons. The summed E-state index contributed by atoms with van der Waals surface area (Å²) in [5, 5.41) is 3.01. The van der Waals surface area contributed by atoms with Gasteiger partial charge in [-0.15, -0.1) is 0 Å². The molecule has 4 heteroatoms. The van der Waals surface area contributed by atoms with Crippen LogP contribution in [0.3, 0.4) is 0 Å². The third kappa shape index (κ3) is 4.21. The molecule has 1 N–H and O–H groups in total. The van der Waals surface area contributed by atoms with Crippen molar-refractivity contribution in [2.24, 2.45) is 0 Å². The second kappa shape index (κ2) is 7.95. The molecule has 4 nitrogen and oxygen atoms in total. The van der Waals surface area contributed by atoms with E-state index in [0.717, 1.165) is 37.7 Å². The Morgan fingerprint density at radius 3 is 2.70 bits per heavy atom. The molecule has 0 saturated heterocycles. The first kappa shape index (κ1) is 17.8. The van der Waals surface area contributed by atoms with E-state index in [-0.39, 0.29) is 30.9 Å². The summed E-state index contributed by atoms with van der Waals surface area (Å²) in [6.07, 6.45) is 6.65. The van der Waals surface area contributed by atoms with Gasteiger partial charge in [0.2, 0.25) is 0 Å². The molecule has 0 spiro atoms. The van der Waals surface area contributed by atoms with E-state index in [1.54, 1.807) is 0 Å². The molecule has 0 heterocycles. The number of aryl methyl sites for hydroxylation is 3. The van der Waals surface area contributed by atoms with Gasteiger partial charge in [0, 0.05) is 0 Å². The minimum absolute atomic E-state index is 0.0119. The highest BCUT2D eigenvalue weighted by molar-refractivity contribution is 5.81. The number of ether oxygens (including phenoxy) is 1. The number of carbonyl (C=O) groups excluding carboxylic acids is 2. The zero-order valence-electron chi connectivity index (χ0n) is 15.5. The third-order valence-corrected chi connectivity index (χ3v) is 5.58. The van der Waals surface area contributed by atoms with E-state index < -0.39 is 0 Å². The summed E-state index contributed by atoms with van der Waals surface area (Å²) >= 11 is 0. The molecule has 0 bridgehead atoms. The van der Waals surface area contributed by atoms with Crippen molar-refractivity contribution in [1.82, 2.24) is 5.32 Å². The minimum atomic E-state index is -0.354. The summed E-state index contributed by atoms with van der Waals surface area (Å²) in [4.78, 5) is 24.3. The van der Waals surface area contributed by atoms with Gasteiger partial charge in [0.05, 0.1) is 12.5 Å². The first-order valence-electron chi connectivity index (χ1n) is 9.82. The molecular formula is C23H25NO3. The monoisotopic (exact) mass is 363 g/mol. The van der Waals surface area contributed by atoms with E-state index in [1.165, 1.54) is 28.7 Å². The van der Waals surface area contributed by atoms with Crippen LogP contribution in [-0.2, 0) is 40.0 Å². The number of hydrogen-bond acceptors (Lipinski definition) is 3. The molecule has 4 rings (SSSR count). The topological polar surface area (TPSA) is 55.4 Å². The highest BCUT2D eigenvalue weighted by atomic mass is 16.5. The second-order valence-corrected chi connectivity index (χ2v) is 7.51. The number of carbonyl (C=O) groups is 2. The predicted octanol–water partition coefficient (Wildman–Crippen LogP) is 3.45. The molecule has 27 heavy (non-hydrogen) atoms. The predicted molar refractivity (Wildman–Crippen MR) is 103 cm³/mol. The maximum absolute atomic E-state index is 12.2. The van der Waals surface area contributed by atoms with Crippen LogP contribution < -0.4 is 5.32 Å². The molecule has 2 aromatic rings. The van der Waals surface area contributed by atoms with Gasteiger partial charge in [0.1, 0.15) is 0 Å². The number of rotatable bonds is 5. The van der Waals surface area contributed by atoms with E-state index in [1.807, 2.05) is 18.2 Å². The van der Waals surface area contributed by atoms with Crippen LogP contribution in [0.1, 0.15) is 53.1 Å². The zero-order chi connectivity index (χ0) is 18.6. The van der Waals surface area contributed by atoms with Crippen molar-refractivity contribution in [3.8, 4) is 0 Å². The number of amides is 1. The zero-order valence-corrected chi connectivity index (χ0v) is 15.5. The van der Waals surface area contributed by atoms with E-state index in [4.69, 9.17) is 4.74 Å². The van der Waals surface area contributed by atoms with Crippen LogP contribution >= 0.6 is 0 Å². The van der Waals surface area contributed by atoms with Crippen molar-refractivity contribution in [2.45, 2.75) is 51.0 Å².